The quantitative estimate of drug-likeness (QED) is 0.556. The third-order valence-electron chi connectivity index (χ3n) is 2.73. The van der Waals surface area contributed by atoms with Crippen LogP contribution in [0.4, 0.5) is 0 Å². The molecule has 0 aliphatic rings. The number of unbranched alkanes of at least 4 members (excludes halogenated alkanes) is 1. The highest BCUT2D eigenvalue weighted by atomic mass is 16.5. The lowest BCUT2D eigenvalue weighted by Crippen LogP contribution is -2.22. The van der Waals surface area contributed by atoms with E-state index in [-0.39, 0.29) is 0 Å². The van der Waals surface area contributed by atoms with Crippen LogP contribution in [0.15, 0.2) is 30.9 Å². The standard InChI is InChI=1S/C16H25NO/c1-5-6-7-10-18-16-9-8-14(4)11-15(16)12-17-13(2)3/h5,8-9,11,13,17H,1,6-7,10,12H2,2-4H3. The third-order valence-corrected chi connectivity index (χ3v) is 2.73. The molecule has 0 saturated carbocycles. The van der Waals surface area contributed by atoms with E-state index in [1.54, 1.807) is 0 Å². The molecular formula is C16H25NO. The van der Waals surface area contributed by atoms with E-state index in [9.17, 15) is 0 Å². The fraction of sp³-hybridized carbons (Fsp3) is 0.500. The van der Waals surface area contributed by atoms with Gasteiger partial charge in [-0.15, -0.1) is 6.58 Å². The van der Waals surface area contributed by atoms with Crippen molar-refractivity contribution in [2.45, 2.75) is 46.2 Å². The Hall–Kier alpha value is -1.28. The molecule has 18 heavy (non-hydrogen) atoms. The number of nitrogens with one attached hydrogen (secondary N) is 1. The summed E-state index contributed by atoms with van der Waals surface area (Å²) >= 11 is 0. The zero-order valence-corrected chi connectivity index (χ0v) is 11.8. The van der Waals surface area contributed by atoms with Gasteiger partial charge in [-0.05, 0) is 25.8 Å². The summed E-state index contributed by atoms with van der Waals surface area (Å²) in [5, 5.41) is 3.43. The fourth-order valence-electron chi connectivity index (χ4n) is 1.71. The van der Waals surface area contributed by atoms with E-state index < -0.39 is 0 Å². The lowest BCUT2D eigenvalue weighted by atomic mass is 10.1. The molecule has 0 aromatic heterocycles. The van der Waals surface area contributed by atoms with Crippen molar-refractivity contribution in [3.8, 4) is 5.75 Å². The van der Waals surface area contributed by atoms with Gasteiger partial charge in [-0.3, -0.25) is 0 Å². The van der Waals surface area contributed by atoms with Gasteiger partial charge in [0.2, 0.25) is 0 Å². The van der Waals surface area contributed by atoms with Gasteiger partial charge in [-0.2, -0.15) is 0 Å². The van der Waals surface area contributed by atoms with Crippen molar-refractivity contribution < 1.29 is 4.74 Å². The topological polar surface area (TPSA) is 21.3 Å². The number of allylic oxidation sites excluding steroid dienone is 1. The average molecular weight is 247 g/mol. The Kier molecular flexibility index (Phi) is 6.51. The van der Waals surface area contributed by atoms with Crippen LogP contribution >= 0.6 is 0 Å². The molecular weight excluding hydrogens is 222 g/mol. The average Bonchev–Trinajstić information content (AvgIpc) is 2.34. The van der Waals surface area contributed by atoms with Gasteiger partial charge in [0, 0.05) is 18.2 Å². The summed E-state index contributed by atoms with van der Waals surface area (Å²) in [7, 11) is 0. The molecule has 0 aliphatic carbocycles. The van der Waals surface area contributed by atoms with Crippen LogP contribution in [0.5, 0.6) is 5.75 Å². The lowest BCUT2D eigenvalue weighted by molar-refractivity contribution is 0.308. The molecule has 1 rings (SSSR count). The second-order valence-corrected chi connectivity index (χ2v) is 4.93. The Labute approximate surface area is 111 Å². The van der Waals surface area contributed by atoms with Crippen molar-refractivity contribution in [1.82, 2.24) is 5.32 Å². The number of hydrogen-bond donors (Lipinski definition) is 1. The van der Waals surface area contributed by atoms with Crippen molar-refractivity contribution in [2.75, 3.05) is 6.61 Å². The summed E-state index contributed by atoms with van der Waals surface area (Å²) in [4.78, 5) is 0. The van der Waals surface area contributed by atoms with Crippen LogP contribution in [0.2, 0.25) is 0 Å². The van der Waals surface area contributed by atoms with Crippen molar-refractivity contribution in [2.24, 2.45) is 0 Å². The first-order valence-electron chi connectivity index (χ1n) is 6.70. The van der Waals surface area contributed by atoms with Gasteiger partial charge in [0.25, 0.3) is 0 Å². The largest absolute Gasteiger partial charge is 0.493 e. The SMILES string of the molecule is C=CCCCOc1ccc(C)cc1CNC(C)C. The Morgan fingerprint density at radius 2 is 2.17 bits per heavy atom. The molecule has 2 nitrogen and oxygen atoms in total. The molecule has 1 N–H and O–H groups in total. The maximum atomic E-state index is 5.84. The van der Waals surface area contributed by atoms with Crippen LogP contribution in [0.25, 0.3) is 0 Å². The predicted molar refractivity (Wildman–Crippen MR) is 78.1 cm³/mol. The first-order chi connectivity index (χ1) is 8.63. The minimum absolute atomic E-state index is 0.485. The van der Waals surface area contributed by atoms with Crippen molar-refractivity contribution in [3.63, 3.8) is 0 Å². The zero-order valence-electron chi connectivity index (χ0n) is 11.8. The molecule has 100 valence electrons. The minimum atomic E-state index is 0.485. The summed E-state index contributed by atoms with van der Waals surface area (Å²) in [5.41, 5.74) is 2.51. The van der Waals surface area contributed by atoms with Gasteiger partial charge in [0.1, 0.15) is 5.75 Å². The number of benzene rings is 1. The second-order valence-electron chi connectivity index (χ2n) is 4.93. The second kappa shape index (κ2) is 7.93. The third kappa shape index (κ3) is 5.37. The van der Waals surface area contributed by atoms with Crippen molar-refractivity contribution in [3.05, 3.63) is 42.0 Å². The number of hydrogen-bond acceptors (Lipinski definition) is 2. The van der Waals surface area contributed by atoms with Gasteiger partial charge in [0.15, 0.2) is 0 Å². The van der Waals surface area contributed by atoms with Crippen LogP contribution in [-0.2, 0) is 6.54 Å². The molecule has 0 unspecified atom stereocenters. The maximum absolute atomic E-state index is 5.84. The molecule has 0 amide bonds. The van der Waals surface area contributed by atoms with E-state index >= 15 is 0 Å². The van der Waals surface area contributed by atoms with Gasteiger partial charge in [-0.1, -0.05) is 37.6 Å². The highest BCUT2D eigenvalue weighted by molar-refractivity contribution is 5.36. The minimum Gasteiger partial charge on any atom is -0.493 e. The van der Waals surface area contributed by atoms with E-state index in [4.69, 9.17) is 4.74 Å². The number of aryl methyl sites for hydroxylation is 1. The number of rotatable bonds is 8. The van der Waals surface area contributed by atoms with Gasteiger partial charge in [-0.25, -0.2) is 0 Å². The van der Waals surface area contributed by atoms with E-state index in [0.29, 0.717) is 6.04 Å². The van der Waals surface area contributed by atoms with Crippen molar-refractivity contribution >= 4 is 0 Å². The van der Waals surface area contributed by atoms with Gasteiger partial charge < -0.3 is 10.1 Å². The smallest absolute Gasteiger partial charge is 0.123 e. The number of ether oxygens (including phenoxy) is 1. The molecule has 0 spiro atoms. The molecule has 0 heterocycles. The van der Waals surface area contributed by atoms with E-state index in [2.05, 4.69) is 50.9 Å². The molecule has 0 radical (unpaired) electrons. The maximum Gasteiger partial charge on any atom is 0.123 e. The summed E-state index contributed by atoms with van der Waals surface area (Å²) in [5.74, 6) is 0.998. The van der Waals surface area contributed by atoms with Crippen LogP contribution in [0, 0.1) is 6.92 Å². The molecule has 0 atom stereocenters. The molecule has 0 saturated heterocycles. The zero-order chi connectivity index (χ0) is 13.4. The normalized spacial score (nSPS) is 10.7. The van der Waals surface area contributed by atoms with Crippen LogP contribution in [-0.4, -0.2) is 12.6 Å². The van der Waals surface area contributed by atoms with Crippen LogP contribution in [0.3, 0.4) is 0 Å². The molecule has 0 fully saturated rings. The molecule has 1 aromatic rings. The summed E-state index contributed by atoms with van der Waals surface area (Å²) in [6.07, 6.45) is 3.96. The highest BCUT2D eigenvalue weighted by Gasteiger charge is 2.04. The van der Waals surface area contributed by atoms with Gasteiger partial charge >= 0.3 is 0 Å². The van der Waals surface area contributed by atoms with E-state index in [0.717, 1.165) is 31.7 Å². The molecule has 1 aromatic carbocycles. The molecule has 0 bridgehead atoms. The van der Waals surface area contributed by atoms with E-state index in [1.807, 2.05) is 6.08 Å². The first kappa shape index (κ1) is 14.8. The summed E-state index contributed by atoms with van der Waals surface area (Å²) < 4.78 is 5.84. The van der Waals surface area contributed by atoms with Gasteiger partial charge in [0.05, 0.1) is 6.61 Å². The predicted octanol–water partition coefficient (Wildman–Crippen LogP) is 3.84. The summed E-state index contributed by atoms with van der Waals surface area (Å²) in [6, 6.07) is 6.85. The Balaban J connectivity index is 2.60. The Morgan fingerprint density at radius 1 is 1.39 bits per heavy atom. The van der Waals surface area contributed by atoms with Crippen LogP contribution in [0.1, 0.15) is 37.8 Å². The molecule has 2 heteroatoms. The van der Waals surface area contributed by atoms with E-state index in [1.165, 1.54) is 11.1 Å². The lowest BCUT2D eigenvalue weighted by Gasteiger charge is -2.14. The summed E-state index contributed by atoms with van der Waals surface area (Å²) in [6.45, 7) is 11.7. The first-order valence-corrected chi connectivity index (χ1v) is 6.70. The fourth-order valence-corrected chi connectivity index (χ4v) is 1.71. The van der Waals surface area contributed by atoms with Crippen LogP contribution < -0.4 is 10.1 Å². The molecule has 0 aliphatic heterocycles. The Bertz CT molecular complexity index is 371. The Morgan fingerprint density at radius 3 is 2.83 bits per heavy atom. The highest BCUT2D eigenvalue weighted by Crippen LogP contribution is 2.20. The monoisotopic (exact) mass is 247 g/mol. The van der Waals surface area contributed by atoms with Crippen molar-refractivity contribution in [1.29, 1.82) is 0 Å².